The van der Waals surface area contributed by atoms with Gasteiger partial charge >= 0.3 is 0 Å². The third-order valence-electron chi connectivity index (χ3n) is 3.99. The Hall–Kier alpha value is -0.840. The molecule has 0 aliphatic carbocycles. The lowest BCUT2D eigenvalue weighted by atomic mass is 10.0. The second-order valence-electron chi connectivity index (χ2n) is 6.24. The molecule has 2 aromatic rings. The predicted molar refractivity (Wildman–Crippen MR) is 92.6 cm³/mol. The van der Waals surface area contributed by atoms with Crippen molar-refractivity contribution in [1.82, 2.24) is 10.2 Å². The summed E-state index contributed by atoms with van der Waals surface area (Å²) in [5, 5.41) is 4.73. The molecule has 1 aromatic carbocycles. The van der Waals surface area contributed by atoms with Gasteiger partial charge in [0, 0.05) is 22.4 Å². The van der Waals surface area contributed by atoms with Gasteiger partial charge in [-0.15, -0.1) is 0 Å². The highest BCUT2D eigenvalue weighted by Gasteiger charge is 2.18. The van der Waals surface area contributed by atoms with Crippen molar-refractivity contribution in [2.45, 2.75) is 32.9 Å². The summed E-state index contributed by atoms with van der Waals surface area (Å²) in [6.07, 6.45) is 0. The maximum Gasteiger partial charge on any atom is 0.134 e. The molecule has 1 N–H and O–H groups in total. The highest BCUT2D eigenvalue weighted by molar-refractivity contribution is 9.10. The van der Waals surface area contributed by atoms with Gasteiger partial charge in [0.25, 0.3) is 0 Å². The van der Waals surface area contributed by atoms with Gasteiger partial charge in [-0.05, 0) is 51.2 Å². The highest BCUT2D eigenvalue weighted by atomic mass is 79.9. The molecule has 3 nitrogen and oxygen atoms in total. The topological polar surface area (TPSA) is 28.4 Å². The van der Waals surface area contributed by atoms with Gasteiger partial charge in [-0.1, -0.05) is 29.8 Å². The van der Waals surface area contributed by atoms with Gasteiger partial charge in [-0.2, -0.15) is 0 Å². The maximum atomic E-state index is 5.94. The molecule has 0 fully saturated rings. The fraction of sp³-hybridized carbons (Fsp3) is 0.529. The van der Waals surface area contributed by atoms with Gasteiger partial charge in [-0.3, -0.25) is 0 Å². The maximum absolute atomic E-state index is 5.94. The zero-order chi connectivity index (χ0) is 15.6. The van der Waals surface area contributed by atoms with Gasteiger partial charge in [0.2, 0.25) is 0 Å². The van der Waals surface area contributed by atoms with Crippen LogP contribution in [-0.4, -0.2) is 31.6 Å². The van der Waals surface area contributed by atoms with Crippen LogP contribution in [0.15, 0.2) is 33.2 Å². The molecular formula is C17H25BrN2O. The Balaban J connectivity index is 2.06. The van der Waals surface area contributed by atoms with E-state index in [-0.39, 0.29) is 6.04 Å². The zero-order valence-electron chi connectivity index (χ0n) is 13.5. The summed E-state index contributed by atoms with van der Waals surface area (Å²) in [6.45, 7) is 7.62. The van der Waals surface area contributed by atoms with Gasteiger partial charge in [0.15, 0.2) is 0 Å². The van der Waals surface area contributed by atoms with Gasteiger partial charge in [-0.25, -0.2) is 0 Å². The van der Waals surface area contributed by atoms with E-state index in [1.807, 2.05) is 12.1 Å². The van der Waals surface area contributed by atoms with Crippen LogP contribution >= 0.6 is 15.9 Å². The van der Waals surface area contributed by atoms with Crippen LogP contribution in [0.3, 0.4) is 0 Å². The van der Waals surface area contributed by atoms with Crippen molar-refractivity contribution in [2.24, 2.45) is 5.92 Å². The minimum atomic E-state index is 0.206. The standard InChI is InChI=1S/C17H25BrN2O/c1-11(2)15(20(4)5)10-19-12(3)17-9-13-8-14(18)6-7-16(13)21-17/h6-9,11-12,15,19H,10H2,1-5H3. The highest BCUT2D eigenvalue weighted by Crippen LogP contribution is 2.26. The fourth-order valence-corrected chi connectivity index (χ4v) is 3.04. The summed E-state index contributed by atoms with van der Waals surface area (Å²) in [7, 11) is 4.27. The first-order chi connectivity index (χ1) is 9.88. The number of furan rings is 1. The monoisotopic (exact) mass is 352 g/mol. The first kappa shape index (κ1) is 16.5. The van der Waals surface area contributed by atoms with Crippen LogP contribution in [-0.2, 0) is 0 Å². The second-order valence-corrected chi connectivity index (χ2v) is 7.15. The Bertz CT molecular complexity index is 583. The number of halogens is 1. The average molecular weight is 353 g/mol. The third-order valence-corrected chi connectivity index (χ3v) is 4.48. The van der Waals surface area contributed by atoms with E-state index in [1.165, 1.54) is 0 Å². The molecule has 2 rings (SSSR count). The van der Waals surface area contributed by atoms with Gasteiger partial charge < -0.3 is 14.6 Å². The van der Waals surface area contributed by atoms with E-state index in [1.54, 1.807) is 0 Å². The lowest BCUT2D eigenvalue weighted by molar-refractivity contribution is 0.217. The molecule has 0 spiro atoms. The molecular weight excluding hydrogens is 328 g/mol. The van der Waals surface area contributed by atoms with Crippen molar-refractivity contribution < 1.29 is 4.42 Å². The number of hydrogen-bond donors (Lipinski definition) is 1. The van der Waals surface area contributed by atoms with Crippen LogP contribution in [0.25, 0.3) is 11.0 Å². The lowest BCUT2D eigenvalue weighted by Crippen LogP contribution is -2.42. The first-order valence-electron chi connectivity index (χ1n) is 7.47. The summed E-state index contributed by atoms with van der Waals surface area (Å²) in [6, 6.07) is 8.95. The Morgan fingerprint density at radius 1 is 1.19 bits per heavy atom. The van der Waals surface area contributed by atoms with E-state index < -0.39 is 0 Å². The molecule has 1 heterocycles. The van der Waals surface area contributed by atoms with Crippen LogP contribution in [0, 0.1) is 5.92 Å². The molecule has 0 bridgehead atoms. The second kappa shape index (κ2) is 6.95. The minimum absolute atomic E-state index is 0.206. The smallest absolute Gasteiger partial charge is 0.134 e. The summed E-state index contributed by atoms with van der Waals surface area (Å²) in [4.78, 5) is 2.28. The Morgan fingerprint density at radius 3 is 2.52 bits per heavy atom. The molecule has 21 heavy (non-hydrogen) atoms. The van der Waals surface area contributed by atoms with E-state index in [0.29, 0.717) is 12.0 Å². The van der Waals surface area contributed by atoms with E-state index in [9.17, 15) is 0 Å². The normalized spacial score (nSPS) is 15.0. The Morgan fingerprint density at radius 2 is 1.90 bits per heavy atom. The van der Waals surface area contributed by atoms with Gasteiger partial charge in [0.1, 0.15) is 11.3 Å². The first-order valence-corrected chi connectivity index (χ1v) is 8.26. The largest absolute Gasteiger partial charge is 0.459 e. The van der Waals surface area contributed by atoms with Crippen molar-refractivity contribution in [3.63, 3.8) is 0 Å². The van der Waals surface area contributed by atoms with Crippen LogP contribution in [0.1, 0.15) is 32.6 Å². The summed E-state index contributed by atoms with van der Waals surface area (Å²) < 4.78 is 7.02. The van der Waals surface area contributed by atoms with Crippen molar-refractivity contribution in [3.8, 4) is 0 Å². The fourth-order valence-electron chi connectivity index (χ4n) is 2.66. The molecule has 0 aliphatic heterocycles. The van der Waals surface area contributed by atoms with Crippen molar-refractivity contribution >= 4 is 26.9 Å². The molecule has 116 valence electrons. The average Bonchev–Trinajstić information content (AvgIpc) is 2.80. The van der Waals surface area contributed by atoms with Gasteiger partial charge in [0.05, 0.1) is 6.04 Å². The van der Waals surface area contributed by atoms with Crippen LogP contribution < -0.4 is 5.32 Å². The number of rotatable bonds is 6. The molecule has 4 heteroatoms. The lowest BCUT2D eigenvalue weighted by Gasteiger charge is -2.29. The van der Waals surface area contributed by atoms with Crippen LogP contribution in [0.2, 0.25) is 0 Å². The van der Waals surface area contributed by atoms with E-state index in [4.69, 9.17) is 4.42 Å². The number of nitrogens with one attached hydrogen (secondary N) is 1. The molecule has 0 saturated carbocycles. The van der Waals surface area contributed by atoms with Crippen LogP contribution in [0.4, 0.5) is 0 Å². The number of fused-ring (bicyclic) bond motifs is 1. The van der Waals surface area contributed by atoms with Crippen molar-refractivity contribution in [1.29, 1.82) is 0 Å². The molecule has 0 amide bonds. The van der Waals surface area contributed by atoms with E-state index in [2.05, 4.69) is 73.1 Å². The minimum Gasteiger partial charge on any atom is -0.459 e. The van der Waals surface area contributed by atoms with E-state index in [0.717, 1.165) is 27.7 Å². The number of benzene rings is 1. The van der Waals surface area contributed by atoms with Crippen LogP contribution in [0.5, 0.6) is 0 Å². The molecule has 2 atom stereocenters. The summed E-state index contributed by atoms with van der Waals surface area (Å²) in [5.41, 5.74) is 0.940. The Labute approximate surface area is 135 Å². The third kappa shape index (κ3) is 4.09. The molecule has 0 aliphatic rings. The Kier molecular flexibility index (Phi) is 5.47. The number of nitrogens with zero attached hydrogens (tertiary/aromatic N) is 1. The zero-order valence-corrected chi connectivity index (χ0v) is 15.1. The quantitative estimate of drug-likeness (QED) is 0.833. The number of hydrogen-bond acceptors (Lipinski definition) is 3. The summed E-state index contributed by atoms with van der Waals surface area (Å²) >= 11 is 3.50. The SMILES string of the molecule is CC(NCC(C(C)C)N(C)C)c1cc2cc(Br)ccc2o1. The van der Waals surface area contributed by atoms with Crippen molar-refractivity contribution in [3.05, 3.63) is 34.5 Å². The predicted octanol–water partition coefficient (Wildman–Crippen LogP) is 4.43. The van der Waals surface area contributed by atoms with Crippen molar-refractivity contribution in [2.75, 3.05) is 20.6 Å². The van der Waals surface area contributed by atoms with E-state index >= 15 is 0 Å². The molecule has 0 radical (unpaired) electrons. The number of likely N-dealkylation sites (N-methyl/N-ethyl adjacent to an activating group) is 1. The molecule has 2 unspecified atom stereocenters. The molecule has 0 saturated heterocycles. The summed E-state index contributed by atoms with van der Waals surface area (Å²) in [5.74, 6) is 1.61. The molecule has 1 aromatic heterocycles.